The van der Waals surface area contributed by atoms with Gasteiger partial charge in [0.25, 0.3) is 0 Å². The van der Waals surface area contributed by atoms with Crippen LogP contribution in [-0.2, 0) is 4.79 Å². The third-order valence-corrected chi connectivity index (χ3v) is 12.9. The third kappa shape index (κ3) is 5.63. The van der Waals surface area contributed by atoms with Crippen LogP contribution in [0.3, 0.4) is 0 Å². The van der Waals surface area contributed by atoms with E-state index in [0.717, 1.165) is 48.3 Å². The van der Waals surface area contributed by atoms with Crippen LogP contribution >= 0.6 is 11.8 Å². The molecule has 0 radical (unpaired) electrons. The highest BCUT2D eigenvalue weighted by Crippen LogP contribution is 2.67. The van der Waals surface area contributed by atoms with Crippen LogP contribution in [-0.4, -0.2) is 10.4 Å². The Hall–Kier alpha value is -0.240. The minimum Gasteiger partial charge on any atom is -0.287 e. The Morgan fingerprint density at radius 3 is 2.51 bits per heavy atom. The molecule has 0 aromatic heterocycles. The van der Waals surface area contributed by atoms with Crippen molar-refractivity contribution in [3.63, 3.8) is 0 Å². The number of rotatable bonds is 9. The molecule has 0 amide bonds. The molecule has 0 aliphatic heterocycles. The minimum atomic E-state index is 0.405. The van der Waals surface area contributed by atoms with E-state index in [9.17, 15) is 4.79 Å². The predicted molar refractivity (Wildman–Crippen MR) is 154 cm³/mol. The number of thioether (sulfide) groups is 1. The highest BCUT2D eigenvalue weighted by atomic mass is 32.2. The van der Waals surface area contributed by atoms with Gasteiger partial charge >= 0.3 is 0 Å². The van der Waals surface area contributed by atoms with E-state index in [0.29, 0.717) is 27.1 Å². The summed E-state index contributed by atoms with van der Waals surface area (Å²) in [5, 5.41) is 0.967. The maximum Gasteiger partial charge on any atom is 0.189 e. The summed E-state index contributed by atoms with van der Waals surface area (Å²) < 4.78 is 0. The highest BCUT2D eigenvalue weighted by molar-refractivity contribution is 8.14. The number of carbonyl (C=O) groups excluding carboxylic acids is 1. The molecule has 4 rings (SSSR count). The monoisotopic (exact) mass is 500 g/mol. The van der Waals surface area contributed by atoms with Crippen LogP contribution in [0.4, 0.5) is 0 Å². The molecule has 0 N–H and O–H groups in total. The van der Waals surface area contributed by atoms with Crippen LogP contribution in [0.1, 0.15) is 132 Å². The maximum atomic E-state index is 12.6. The Morgan fingerprint density at radius 1 is 1.03 bits per heavy atom. The van der Waals surface area contributed by atoms with Gasteiger partial charge in [0.1, 0.15) is 0 Å². The molecule has 0 heterocycles. The van der Waals surface area contributed by atoms with E-state index in [1.54, 1.807) is 17.3 Å². The van der Waals surface area contributed by atoms with Crippen molar-refractivity contribution in [3.05, 3.63) is 11.6 Å². The highest BCUT2D eigenvalue weighted by Gasteiger charge is 2.59. The zero-order chi connectivity index (χ0) is 25.4. The molecular weight excluding hydrogens is 444 g/mol. The molecule has 4 aliphatic carbocycles. The Kier molecular flexibility index (Phi) is 8.93. The Balaban J connectivity index is 1.41. The molecule has 3 fully saturated rings. The summed E-state index contributed by atoms with van der Waals surface area (Å²) in [7, 11) is 0. The number of hydrogen-bond donors (Lipinski definition) is 0. The first-order valence-electron chi connectivity index (χ1n) is 15.5. The molecule has 200 valence electrons. The second-order valence-corrected chi connectivity index (χ2v) is 15.7. The largest absolute Gasteiger partial charge is 0.287 e. The first-order valence-corrected chi connectivity index (χ1v) is 16.3. The average molecular weight is 501 g/mol. The molecular formula is C33H56OS. The molecule has 9 unspecified atom stereocenters. The van der Waals surface area contributed by atoms with Gasteiger partial charge in [0, 0.05) is 11.7 Å². The van der Waals surface area contributed by atoms with Crippen molar-refractivity contribution in [1.29, 1.82) is 0 Å². The summed E-state index contributed by atoms with van der Waals surface area (Å²) in [5.41, 5.74) is 2.72. The first-order chi connectivity index (χ1) is 16.6. The predicted octanol–water partition coefficient (Wildman–Crippen LogP) is 10.1. The second kappa shape index (κ2) is 11.2. The molecule has 0 aromatic rings. The summed E-state index contributed by atoms with van der Waals surface area (Å²) in [6.45, 7) is 17.1. The second-order valence-electron chi connectivity index (χ2n) is 14.4. The van der Waals surface area contributed by atoms with Gasteiger partial charge in [-0.05, 0) is 104 Å². The number of allylic oxidation sites excluding steroid dienone is 2. The smallest absolute Gasteiger partial charge is 0.189 e. The molecule has 0 aromatic carbocycles. The Labute approximate surface area is 222 Å². The molecule has 0 bridgehead atoms. The lowest BCUT2D eigenvalue weighted by atomic mass is 9.47. The van der Waals surface area contributed by atoms with E-state index in [4.69, 9.17) is 0 Å². The number of carbonyl (C=O) groups is 1. The third-order valence-electron chi connectivity index (χ3n) is 11.8. The zero-order valence-electron chi connectivity index (χ0n) is 24.2. The fourth-order valence-electron chi connectivity index (χ4n) is 9.42. The normalized spacial score (nSPS) is 40.5. The van der Waals surface area contributed by atoms with Gasteiger partial charge in [-0.1, -0.05) is 97.6 Å². The summed E-state index contributed by atoms with van der Waals surface area (Å²) in [6.07, 6.45) is 19.8. The van der Waals surface area contributed by atoms with Gasteiger partial charge in [-0.2, -0.15) is 0 Å². The van der Waals surface area contributed by atoms with Crippen molar-refractivity contribution in [3.8, 4) is 0 Å². The van der Waals surface area contributed by atoms with E-state index in [2.05, 4.69) is 54.5 Å². The fraction of sp³-hybridized carbons (Fsp3) is 0.909. The number of hydrogen-bond acceptors (Lipinski definition) is 2. The molecule has 0 saturated heterocycles. The van der Waals surface area contributed by atoms with E-state index >= 15 is 0 Å². The van der Waals surface area contributed by atoms with E-state index < -0.39 is 0 Å². The van der Waals surface area contributed by atoms with Gasteiger partial charge in [0.05, 0.1) is 0 Å². The lowest BCUT2D eigenvalue weighted by Gasteiger charge is -2.58. The quantitative estimate of drug-likeness (QED) is 0.293. The molecule has 3 saturated carbocycles. The van der Waals surface area contributed by atoms with Crippen LogP contribution in [0.5, 0.6) is 0 Å². The van der Waals surface area contributed by atoms with Gasteiger partial charge in [0.15, 0.2) is 5.12 Å². The Bertz CT molecular complexity index is 769. The van der Waals surface area contributed by atoms with Crippen molar-refractivity contribution < 1.29 is 4.79 Å². The molecule has 4 aliphatic rings. The summed E-state index contributed by atoms with van der Waals surface area (Å²) >= 11 is 1.69. The fourth-order valence-corrected chi connectivity index (χ4v) is 10.7. The lowest BCUT2D eigenvalue weighted by molar-refractivity contribution is -0.111. The van der Waals surface area contributed by atoms with Crippen LogP contribution in [0.15, 0.2) is 11.6 Å². The molecule has 35 heavy (non-hydrogen) atoms. The van der Waals surface area contributed by atoms with Gasteiger partial charge in [0.2, 0.25) is 0 Å². The standard InChI is InChI=1S/C33H56OS/c1-8-23(4)20-31(34)35-26-16-18-32(6)25(21-26)12-13-27-29-15-14-28(24(5)11-9-10-22(2)3)33(29,7)19-17-30(27)32/h12,22-24,26-30H,8-11,13-21H2,1-7H3. The van der Waals surface area contributed by atoms with E-state index in [-0.39, 0.29) is 0 Å². The molecule has 1 nitrogen and oxygen atoms in total. The van der Waals surface area contributed by atoms with Crippen molar-refractivity contribution in [2.45, 2.75) is 137 Å². The summed E-state index contributed by atoms with van der Waals surface area (Å²) in [4.78, 5) is 12.6. The van der Waals surface area contributed by atoms with Crippen molar-refractivity contribution in [1.82, 2.24) is 0 Å². The van der Waals surface area contributed by atoms with Crippen LogP contribution < -0.4 is 0 Å². The minimum absolute atomic E-state index is 0.405. The summed E-state index contributed by atoms with van der Waals surface area (Å²) in [6, 6.07) is 0. The number of fused-ring (bicyclic) bond motifs is 5. The average Bonchev–Trinajstić information content (AvgIpc) is 3.16. The van der Waals surface area contributed by atoms with Gasteiger partial charge in [-0.25, -0.2) is 0 Å². The zero-order valence-corrected chi connectivity index (χ0v) is 25.0. The first kappa shape index (κ1) is 27.8. The SMILES string of the molecule is CCC(C)CC(=O)SC1CCC2(C)C(=CCC3C2CCC2(C)C(C(C)CCCC(C)C)CCC32)C1. The van der Waals surface area contributed by atoms with Crippen LogP contribution in [0.2, 0.25) is 0 Å². The molecule has 9 atom stereocenters. The molecule has 0 spiro atoms. The van der Waals surface area contributed by atoms with Crippen molar-refractivity contribution in [2.75, 3.05) is 0 Å². The van der Waals surface area contributed by atoms with E-state index in [1.807, 2.05) is 0 Å². The van der Waals surface area contributed by atoms with Gasteiger partial charge in [-0.15, -0.1) is 0 Å². The maximum absolute atomic E-state index is 12.6. The lowest BCUT2D eigenvalue weighted by Crippen LogP contribution is -2.50. The van der Waals surface area contributed by atoms with Crippen molar-refractivity contribution >= 4 is 16.9 Å². The Morgan fingerprint density at radius 2 is 1.80 bits per heavy atom. The molecule has 2 heteroatoms. The van der Waals surface area contributed by atoms with Crippen LogP contribution in [0, 0.1) is 52.3 Å². The topological polar surface area (TPSA) is 17.1 Å². The van der Waals surface area contributed by atoms with E-state index in [1.165, 1.54) is 70.6 Å². The van der Waals surface area contributed by atoms with Gasteiger partial charge < -0.3 is 0 Å². The van der Waals surface area contributed by atoms with Gasteiger partial charge in [-0.3, -0.25) is 4.79 Å². The van der Waals surface area contributed by atoms with Crippen molar-refractivity contribution in [2.24, 2.45) is 52.3 Å². The summed E-state index contributed by atoms with van der Waals surface area (Å²) in [5.74, 6) is 5.96. The van der Waals surface area contributed by atoms with Crippen LogP contribution in [0.25, 0.3) is 0 Å².